The van der Waals surface area contributed by atoms with E-state index in [9.17, 15) is 4.79 Å². The van der Waals surface area contributed by atoms with E-state index >= 15 is 0 Å². The van der Waals surface area contributed by atoms with Gasteiger partial charge in [-0.15, -0.1) is 0 Å². The van der Waals surface area contributed by atoms with Crippen molar-refractivity contribution in [1.29, 1.82) is 0 Å². The third-order valence-electron chi connectivity index (χ3n) is 3.49. The summed E-state index contributed by atoms with van der Waals surface area (Å²) in [4.78, 5) is 14.4. The number of carbonyl (C=O) groups excluding carboxylic acids is 1. The average Bonchev–Trinajstić information content (AvgIpc) is 3.05. The molecule has 22 heavy (non-hydrogen) atoms. The van der Waals surface area contributed by atoms with Gasteiger partial charge in [-0.2, -0.15) is 10.2 Å². The Hall–Kier alpha value is -1.34. The van der Waals surface area contributed by atoms with Crippen molar-refractivity contribution in [3.8, 4) is 0 Å². The predicted molar refractivity (Wildman–Crippen MR) is 88.6 cm³/mol. The first-order chi connectivity index (χ1) is 10.3. The molecule has 2 rings (SSSR count). The van der Waals surface area contributed by atoms with Gasteiger partial charge in [0.2, 0.25) is 5.91 Å². The van der Waals surface area contributed by atoms with E-state index in [2.05, 4.69) is 26.1 Å². The molecule has 0 atom stereocenters. The zero-order valence-corrected chi connectivity index (χ0v) is 15.4. The number of aryl methyl sites for hydroxylation is 1. The zero-order valence-electron chi connectivity index (χ0n) is 13.0. The summed E-state index contributed by atoms with van der Waals surface area (Å²) in [7, 11) is 1.76. The molecule has 0 fully saturated rings. The Kier molecular flexibility index (Phi) is 4.97. The lowest BCUT2D eigenvalue weighted by Crippen LogP contribution is -2.45. The van der Waals surface area contributed by atoms with Crippen LogP contribution in [-0.4, -0.2) is 37.4 Å². The van der Waals surface area contributed by atoms with E-state index in [1.807, 2.05) is 31.6 Å². The molecule has 0 unspecified atom stereocenters. The van der Waals surface area contributed by atoms with E-state index in [1.54, 1.807) is 22.8 Å². The molecule has 0 aliphatic heterocycles. The summed E-state index contributed by atoms with van der Waals surface area (Å²) in [6.07, 6.45) is 5.08. The molecule has 120 valence electrons. The Balaban J connectivity index is 2.16. The van der Waals surface area contributed by atoms with Crippen molar-refractivity contribution in [2.24, 2.45) is 0 Å². The second-order valence-electron chi connectivity index (χ2n) is 5.60. The van der Waals surface area contributed by atoms with Crippen molar-refractivity contribution in [2.45, 2.75) is 39.4 Å². The predicted octanol–water partition coefficient (Wildman–Crippen LogP) is 2.91. The standard InChI is InChI=1S/C14H19BrClN5O/c1-5-20-8-11(15)12(18-20)9-19(4)13(22)14(2,3)21-7-10(16)6-17-21/h6-8H,5,9H2,1-4H3. The van der Waals surface area contributed by atoms with Crippen LogP contribution in [0.5, 0.6) is 0 Å². The summed E-state index contributed by atoms with van der Waals surface area (Å²) in [6, 6.07) is 0. The van der Waals surface area contributed by atoms with Crippen molar-refractivity contribution in [3.05, 3.63) is 33.8 Å². The molecule has 0 N–H and O–H groups in total. The highest BCUT2D eigenvalue weighted by atomic mass is 79.9. The van der Waals surface area contributed by atoms with E-state index in [4.69, 9.17) is 11.6 Å². The number of likely N-dealkylation sites (N-methyl/N-ethyl adjacent to an activating group) is 1. The molecule has 2 aromatic rings. The lowest BCUT2D eigenvalue weighted by molar-refractivity contribution is -0.139. The molecule has 0 saturated heterocycles. The normalized spacial score (nSPS) is 11.7. The van der Waals surface area contributed by atoms with Gasteiger partial charge < -0.3 is 4.90 Å². The number of hydrogen-bond donors (Lipinski definition) is 0. The topological polar surface area (TPSA) is 56.0 Å². The Morgan fingerprint density at radius 3 is 2.64 bits per heavy atom. The first-order valence-corrected chi connectivity index (χ1v) is 8.10. The summed E-state index contributed by atoms with van der Waals surface area (Å²) in [5.41, 5.74) is 0.00815. The van der Waals surface area contributed by atoms with E-state index < -0.39 is 5.54 Å². The zero-order chi connectivity index (χ0) is 16.5. The molecular formula is C14H19BrClN5O. The molecule has 8 heteroatoms. The molecule has 2 aromatic heterocycles. The number of nitrogens with zero attached hydrogens (tertiary/aromatic N) is 5. The maximum absolute atomic E-state index is 12.7. The Morgan fingerprint density at radius 2 is 2.14 bits per heavy atom. The SMILES string of the molecule is CCn1cc(Br)c(CN(C)C(=O)C(C)(C)n2cc(Cl)cn2)n1. The summed E-state index contributed by atoms with van der Waals surface area (Å²) in [6.45, 7) is 6.85. The van der Waals surface area contributed by atoms with Gasteiger partial charge in [-0.1, -0.05) is 11.6 Å². The average molecular weight is 389 g/mol. The molecule has 0 bridgehead atoms. The second kappa shape index (κ2) is 6.42. The molecule has 0 aromatic carbocycles. The van der Waals surface area contributed by atoms with Gasteiger partial charge in [0.25, 0.3) is 0 Å². The van der Waals surface area contributed by atoms with Crippen LogP contribution in [0.3, 0.4) is 0 Å². The summed E-state index contributed by atoms with van der Waals surface area (Å²) in [5.74, 6) is -0.0646. The minimum atomic E-state index is -0.818. The fourth-order valence-corrected chi connectivity index (χ4v) is 2.75. The number of rotatable bonds is 5. The minimum Gasteiger partial charge on any atom is -0.338 e. The molecule has 0 aliphatic carbocycles. The van der Waals surface area contributed by atoms with Gasteiger partial charge >= 0.3 is 0 Å². The molecule has 0 aliphatic rings. The van der Waals surface area contributed by atoms with Crippen LogP contribution in [0.1, 0.15) is 26.5 Å². The van der Waals surface area contributed by atoms with Gasteiger partial charge in [-0.3, -0.25) is 14.2 Å². The maximum atomic E-state index is 12.7. The fraction of sp³-hybridized carbons (Fsp3) is 0.500. The number of aromatic nitrogens is 4. The highest BCUT2D eigenvalue weighted by molar-refractivity contribution is 9.10. The monoisotopic (exact) mass is 387 g/mol. The number of hydrogen-bond acceptors (Lipinski definition) is 3. The number of halogens is 2. The van der Waals surface area contributed by atoms with Crippen molar-refractivity contribution in [3.63, 3.8) is 0 Å². The van der Waals surface area contributed by atoms with E-state index in [0.717, 1.165) is 16.7 Å². The van der Waals surface area contributed by atoms with Crippen LogP contribution in [0.2, 0.25) is 5.02 Å². The van der Waals surface area contributed by atoms with Gasteiger partial charge in [0.05, 0.1) is 27.9 Å². The van der Waals surface area contributed by atoms with Gasteiger partial charge in [0.15, 0.2) is 0 Å². The second-order valence-corrected chi connectivity index (χ2v) is 6.89. The Labute approximate surface area is 143 Å². The van der Waals surface area contributed by atoms with Crippen LogP contribution in [0, 0.1) is 0 Å². The third kappa shape index (κ3) is 3.35. The van der Waals surface area contributed by atoms with Crippen LogP contribution in [0.25, 0.3) is 0 Å². The molecule has 0 radical (unpaired) electrons. The van der Waals surface area contributed by atoms with Crippen LogP contribution in [0.15, 0.2) is 23.1 Å². The van der Waals surface area contributed by atoms with E-state index in [1.165, 1.54) is 6.20 Å². The number of amides is 1. The smallest absolute Gasteiger partial charge is 0.250 e. The molecule has 0 saturated carbocycles. The molecule has 0 spiro atoms. The first-order valence-electron chi connectivity index (χ1n) is 6.93. The van der Waals surface area contributed by atoms with Crippen LogP contribution < -0.4 is 0 Å². The van der Waals surface area contributed by atoms with Crippen LogP contribution in [0.4, 0.5) is 0 Å². The van der Waals surface area contributed by atoms with Crippen LogP contribution in [-0.2, 0) is 23.4 Å². The van der Waals surface area contributed by atoms with Gasteiger partial charge in [0, 0.05) is 26.0 Å². The van der Waals surface area contributed by atoms with Crippen molar-refractivity contribution < 1.29 is 4.79 Å². The van der Waals surface area contributed by atoms with Gasteiger partial charge in [0.1, 0.15) is 5.54 Å². The van der Waals surface area contributed by atoms with Crippen molar-refractivity contribution >= 4 is 33.4 Å². The molecular weight excluding hydrogens is 370 g/mol. The summed E-state index contributed by atoms with van der Waals surface area (Å²) < 4.78 is 4.30. The molecule has 1 amide bonds. The molecule has 2 heterocycles. The quantitative estimate of drug-likeness (QED) is 0.791. The first kappa shape index (κ1) is 17.0. The fourth-order valence-electron chi connectivity index (χ4n) is 2.17. The highest BCUT2D eigenvalue weighted by Crippen LogP contribution is 2.22. The summed E-state index contributed by atoms with van der Waals surface area (Å²) in [5, 5.41) is 9.09. The van der Waals surface area contributed by atoms with E-state index in [-0.39, 0.29) is 5.91 Å². The number of carbonyl (C=O) groups is 1. The Bertz CT molecular complexity index is 679. The van der Waals surface area contributed by atoms with Crippen molar-refractivity contribution in [2.75, 3.05) is 7.05 Å². The lowest BCUT2D eigenvalue weighted by Gasteiger charge is -2.29. The molecule has 6 nitrogen and oxygen atoms in total. The largest absolute Gasteiger partial charge is 0.338 e. The van der Waals surface area contributed by atoms with Gasteiger partial charge in [-0.05, 0) is 36.7 Å². The van der Waals surface area contributed by atoms with Gasteiger partial charge in [-0.25, -0.2) is 0 Å². The highest BCUT2D eigenvalue weighted by Gasteiger charge is 2.33. The van der Waals surface area contributed by atoms with Crippen LogP contribution >= 0.6 is 27.5 Å². The lowest BCUT2D eigenvalue weighted by atomic mass is 10.0. The Morgan fingerprint density at radius 1 is 1.45 bits per heavy atom. The minimum absolute atomic E-state index is 0.0646. The van der Waals surface area contributed by atoms with Crippen molar-refractivity contribution in [1.82, 2.24) is 24.5 Å². The van der Waals surface area contributed by atoms with E-state index in [0.29, 0.717) is 11.6 Å². The third-order valence-corrected chi connectivity index (χ3v) is 4.35. The maximum Gasteiger partial charge on any atom is 0.250 e. The summed E-state index contributed by atoms with van der Waals surface area (Å²) >= 11 is 9.37.